The minimum absolute atomic E-state index is 0.130. The second-order valence-electron chi connectivity index (χ2n) is 6.35. The number of benzene rings is 2. The van der Waals surface area contributed by atoms with Crippen molar-refractivity contribution < 1.29 is 9.53 Å². The molecule has 1 N–H and O–H groups in total. The minimum atomic E-state index is -0.156. The van der Waals surface area contributed by atoms with Crippen LogP contribution >= 0.6 is 0 Å². The number of amides is 1. The Hall–Kier alpha value is -3.15. The topological polar surface area (TPSA) is 73.2 Å². The van der Waals surface area contributed by atoms with Crippen LogP contribution in [-0.2, 0) is 13.5 Å². The van der Waals surface area contributed by atoms with Gasteiger partial charge >= 0.3 is 0 Å². The van der Waals surface area contributed by atoms with Gasteiger partial charge in [-0.15, -0.1) is 0 Å². The van der Waals surface area contributed by atoms with Crippen LogP contribution in [0.5, 0.6) is 5.75 Å². The Labute approximate surface area is 157 Å². The Balaban J connectivity index is 1.65. The Morgan fingerprint density at radius 3 is 2.63 bits per heavy atom. The highest BCUT2D eigenvalue weighted by molar-refractivity contribution is 5.97. The van der Waals surface area contributed by atoms with E-state index in [4.69, 9.17) is 4.74 Å². The summed E-state index contributed by atoms with van der Waals surface area (Å²) in [7, 11) is 1.70. The number of carbonyl (C=O) groups is 1. The third-order valence-electron chi connectivity index (χ3n) is 4.43. The van der Waals surface area contributed by atoms with Gasteiger partial charge in [0.15, 0.2) is 0 Å². The highest BCUT2D eigenvalue weighted by Gasteiger charge is 2.10. The summed E-state index contributed by atoms with van der Waals surface area (Å²) in [6.07, 6.45) is 0.734. The normalized spacial score (nSPS) is 10.8. The summed E-state index contributed by atoms with van der Waals surface area (Å²) in [6.45, 7) is 4.80. The fourth-order valence-electron chi connectivity index (χ4n) is 2.96. The van der Waals surface area contributed by atoms with Gasteiger partial charge in [-0.1, -0.05) is 12.1 Å². The third-order valence-corrected chi connectivity index (χ3v) is 4.43. The van der Waals surface area contributed by atoms with Gasteiger partial charge < -0.3 is 14.6 Å². The number of aromatic nitrogens is 2. The van der Waals surface area contributed by atoms with Crippen molar-refractivity contribution in [3.05, 3.63) is 69.6 Å². The van der Waals surface area contributed by atoms with Crippen molar-refractivity contribution in [2.45, 2.75) is 20.3 Å². The van der Waals surface area contributed by atoms with E-state index < -0.39 is 0 Å². The zero-order valence-corrected chi connectivity index (χ0v) is 15.8. The molecule has 0 aliphatic heterocycles. The van der Waals surface area contributed by atoms with Crippen molar-refractivity contribution in [2.24, 2.45) is 7.05 Å². The maximum atomic E-state index is 12.4. The molecule has 0 saturated heterocycles. The molecule has 0 unspecified atom stereocenters. The highest BCUT2D eigenvalue weighted by atomic mass is 16.5. The van der Waals surface area contributed by atoms with Gasteiger partial charge in [0.1, 0.15) is 11.4 Å². The number of ether oxygens (including phenoxy) is 1. The van der Waals surface area contributed by atoms with E-state index in [9.17, 15) is 9.59 Å². The molecule has 3 aromatic rings. The average molecular weight is 365 g/mol. The monoisotopic (exact) mass is 365 g/mol. The summed E-state index contributed by atoms with van der Waals surface area (Å²) < 4.78 is 6.97. The average Bonchev–Trinajstić information content (AvgIpc) is 2.67. The number of hydrogen-bond acceptors (Lipinski definition) is 4. The number of nitrogens with zero attached hydrogens (tertiary/aromatic N) is 2. The zero-order valence-electron chi connectivity index (χ0n) is 15.8. The molecule has 0 aliphatic carbocycles. The molecule has 0 spiro atoms. The standard InChI is InChI=1S/C21H23N3O3/c1-4-27-17-8-5-15(6-9-17)11-12-22-20(25)16-7-10-19-18(13-16)23-14(2)21(26)24(19)3/h5-10,13H,4,11-12H2,1-3H3,(H,22,25). The molecule has 6 heteroatoms. The van der Waals surface area contributed by atoms with Crippen LogP contribution in [0.1, 0.15) is 28.5 Å². The fraction of sp³-hybridized carbons (Fsp3) is 0.286. The molecule has 0 radical (unpaired) electrons. The summed E-state index contributed by atoms with van der Waals surface area (Å²) in [5.41, 5.74) is 3.28. The second kappa shape index (κ2) is 8.03. The first-order valence-corrected chi connectivity index (χ1v) is 8.97. The molecule has 0 fully saturated rings. The van der Waals surface area contributed by atoms with E-state index in [0.29, 0.717) is 35.4 Å². The van der Waals surface area contributed by atoms with Crippen LogP contribution in [0.25, 0.3) is 11.0 Å². The van der Waals surface area contributed by atoms with Crippen LogP contribution in [0.3, 0.4) is 0 Å². The third kappa shape index (κ3) is 4.16. The molecule has 1 heterocycles. The molecule has 1 amide bonds. The first-order chi connectivity index (χ1) is 13.0. The lowest BCUT2D eigenvalue weighted by Crippen LogP contribution is -2.26. The van der Waals surface area contributed by atoms with Crippen LogP contribution in [0.15, 0.2) is 47.3 Å². The largest absolute Gasteiger partial charge is 0.494 e. The van der Waals surface area contributed by atoms with Gasteiger partial charge in [0.05, 0.1) is 17.6 Å². The molecule has 0 atom stereocenters. The van der Waals surface area contributed by atoms with Gasteiger partial charge in [-0.2, -0.15) is 0 Å². The highest BCUT2D eigenvalue weighted by Crippen LogP contribution is 2.14. The minimum Gasteiger partial charge on any atom is -0.494 e. The predicted octanol–water partition coefficient (Wildman–Crippen LogP) is 2.61. The smallest absolute Gasteiger partial charge is 0.272 e. The number of carbonyl (C=O) groups excluding carboxylic acids is 1. The SMILES string of the molecule is CCOc1ccc(CCNC(=O)c2ccc3c(c2)nc(C)c(=O)n3C)cc1. The molecular formula is C21H23N3O3. The van der Waals surface area contributed by atoms with Crippen molar-refractivity contribution in [3.8, 4) is 5.75 Å². The first-order valence-electron chi connectivity index (χ1n) is 8.97. The van der Waals surface area contributed by atoms with Crippen LogP contribution in [-0.4, -0.2) is 28.6 Å². The van der Waals surface area contributed by atoms with Gasteiger partial charge in [-0.25, -0.2) is 4.98 Å². The van der Waals surface area contributed by atoms with Crippen LogP contribution < -0.4 is 15.6 Å². The van der Waals surface area contributed by atoms with Gasteiger partial charge in [0, 0.05) is 19.2 Å². The number of rotatable bonds is 6. The molecule has 1 aromatic heterocycles. The van der Waals surface area contributed by atoms with E-state index in [1.54, 1.807) is 36.7 Å². The van der Waals surface area contributed by atoms with Gasteiger partial charge in [-0.05, 0) is 56.2 Å². The van der Waals surface area contributed by atoms with Crippen molar-refractivity contribution in [3.63, 3.8) is 0 Å². The first kappa shape index (κ1) is 18.6. The summed E-state index contributed by atoms with van der Waals surface area (Å²) in [6, 6.07) is 13.1. The fourth-order valence-corrected chi connectivity index (χ4v) is 2.96. The molecule has 2 aromatic carbocycles. The molecule has 27 heavy (non-hydrogen) atoms. The molecule has 0 aliphatic rings. The van der Waals surface area contributed by atoms with E-state index in [2.05, 4.69) is 10.3 Å². The van der Waals surface area contributed by atoms with Crippen LogP contribution in [0.2, 0.25) is 0 Å². The Kier molecular flexibility index (Phi) is 5.54. The van der Waals surface area contributed by atoms with Gasteiger partial charge in [-0.3, -0.25) is 9.59 Å². The molecule has 6 nitrogen and oxygen atoms in total. The maximum Gasteiger partial charge on any atom is 0.272 e. The van der Waals surface area contributed by atoms with E-state index in [1.807, 2.05) is 31.2 Å². The number of fused-ring (bicyclic) bond motifs is 1. The Morgan fingerprint density at radius 2 is 1.93 bits per heavy atom. The summed E-state index contributed by atoms with van der Waals surface area (Å²) in [4.78, 5) is 28.7. The summed E-state index contributed by atoms with van der Waals surface area (Å²) >= 11 is 0. The molecule has 0 bridgehead atoms. The second-order valence-corrected chi connectivity index (χ2v) is 6.35. The lowest BCUT2D eigenvalue weighted by Gasteiger charge is -2.09. The number of aryl methyl sites for hydroxylation is 2. The lowest BCUT2D eigenvalue weighted by atomic mass is 10.1. The van der Waals surface area contributed by atoms with Crippen LogP contribution in [0, 0.1) is 6.92 Å². The molecular weight excluding hydrogens is 342 g/mol. The molecule has 3 rings (SSSR count). The predicted molar refractivity (Wildman–Crippen MR) is 105 cm³/mol. The quantitative estimate of drug-likeness (QED) is 0.729. The van der Waals surface area contributed by atoms with Gasteiger partial charge in [0.25, 0.3) is 11.5 Å². The van der Waals surface area contributed by atoms with Crippen molar-refractivity contribution in [2.75, 3.05) is 13.2 Å². The summed E-state index contributed by atoms with van der Waals surface area (Å²) in [5.74, 6) is 0.690. The van der Waals surface area contributed by atoms with E-state index in [1.165, 1.54) is 0 Å². The maximum absolute atomic E-state index is 12.4. The van der Waals surface area contributed by atoms with E-state index >= 15 is 0 Å². The van der Waals surface area contributed by atoms with Crippen LogP contribution in [0.4, 0.5) is 0 Å². The molecule has 0 saturated carbocycles. The van der Waals surface area contributed by atoms with Crippen molar-refractivity contribution >= 4 is 16.9 Å². The molecule has 140 valence electrons. The Morgan fingerprint density at radius 1 is 1.19 bits per heavy atom. The zero-order chi connectivity index (χ0) is 19.4. The van der Waals surface area contributed by atoms with E-state index in [0.717, 1.165) is 17.7 Å². The van der Waals surface area contributed by atoms with Crippen molar-refractivity contribution in [1.82, 2.24) is 14.9 Å². The summed E-state index contributed by atoms with van der Waals surface area (Å²) in [5, 5.41) is 2.93. The number of nitrogens with one attached hydrogen (secondary N) is 1. The van der Waals surface area contributed by atoms with E-state index in [-0.39, 0.29) is 11.5 Å². The number of hydrogen-bond donors (Lipinski definition) is 1. The lowest BCUT2D eigenvalue weighted by molar-refractivity contribution is 0.0954. The van der Waals surface area contributed by atoms with Gasteiger partial charge in [0.2, 0.25) is 0 Å². The van der Waals surface area contributed by atoms with Crippen molar-refractivity contribution in [1.29, 1.82) is 0 Å². The Bertz CT molecular complexity index is 1020.